The molecule has 2 aliphatic heterocycles. The van der Waals surface area contributed by atoms with Crippen molar-refractivity contribution in [2.24, 2.45) is 0 Å². The van der Waals surface area contributed by atoms with Gasteiger partial charge in [0.15, 0.2) is 0 Å². The Labute approximate surface area is 217 Å². The van der Waals surface area contributed by atoms with Gasteiger partial charge in [-0.25, -0.2) is 19.2 Å². The quantitative estimate of drug-likeness (QED) is 0.400. The first-order chi connectivity index (χ1) is 18.0. The smallest absolute Gasteiger partial charge is 0.407 e. The summed E-state index contributed by atoms with van der Waals surface area (Å²) in [5.74, 6) is -0.0973. The lowest BCUT2D eigenvalue weighted by Gasteiger charge is -2.26. The molecule has 3 aromatic rings. The van der Waals surface area contributed by atoms with Gasteiger partial charge < -0.3 is 25.4 Å². The molecular formula is C25H26ClFN6O4. The minimum absolute atomic E-state index is 0.0264. The van der Waals surface area contributed by atoms with E-state index in [1.165, 1.54) is 37.7 Å². The summed E-state index contributed by atoms with van der Waals surface area (Å²) in [6.07, 6.45) is 4.36. The van der Waals surface area contributed by atoms with Gasteiger partial charge in [-0.15, -0.1) is 0 Å². The van der Waals surface area contributed by atoms with Crippen molar-refractivity contribution in [3.63, 3.8) is 0 Å². The third-order valence-electron chi connectivity index (χ3n) is 6.28. The lowest BCUT2D eigenvalue weighted by atomic mass is 10.1. The van der Waals surface area contributed by atoms with Crippen molar-refractivity contribution in [2.45, 2.75) is 25.3 Å². The van der Waals surface area contributed by atoms with Crippen LogP contribution in [0.15, 0.2) is 36.7 Å². The van der Waals surface area contributed by atoms with Crippen LogP contribution in [-0.4, -0.2) is 65.8 Å². The van der Waals surface area contributed by atoms with E-state index < -0.39 is 23.9 Å². The normalized spacial score (nSPS) is 17.8. The summed E-state index contributed by atoms with van der Waals surface area (Å²) in [5, 5.41) is 8.99. The van der Waals surface area contributed by atoms with E-state index >= 15 is 0 Å². The van der Waals surface area contributed by atoms with Crippen molar-refractivity contribution in [1.82, 2.24) is 20.2 Å². The number of carbonyl (C=O) groups is 2. The summed E-state index contributed by atoms with van der Waals surface area (Å²) in [6, 6.07) is 6.86. The van der Waals surface area contributed by atoms with Gasteiger partial charge in [0.05, 0.1) is 16.2 Å². The molecule has 3 heterocycles. The third-order valence-corrected chi connectivity index (χ3v) is 6.57. The lowest BCUT2D eigenvalue weighted by molar-refractivity contribution is -0.117. The van der Waals surface area contributed by atoms with Gasteiger partial charge in [-0.05, 0) is 50.2 Å². The zero-order valence-corrected chi connectivity index (χ0v) is 20.7. The monoisotopic (exact) mass is 528 g/mol. The topological polar surface area (TPSA) is 118 Å². The van der Waals surface area contributed by atoms with Gasteiger partial charge in [0.2, 0.25) is 0 Å². The molecule has 0 unspecified atom stereocenters. The molecule has 3 N–H and O–H groups in total. The molecule has 0 aliphatic carbocycles. The van der Waals surface area contributed by atoms with Crippen LogP contribution in [0, 0.1) is 5.82 Å². The number of aromatic nitrogens is 2. The minimum Gasteiger partial charge on any atom is -0.490 e. The van der Waals surface area contributed by atoms with Gasteiger partial charge in [0, 0.05) is 23.7 Å². The van der Waals surface area contributed by atoms with Gasteiger partial charge in [0.25, 0.3) is 5.91 Å². The second-order valence-corrected chi connectivity index (χ2v) is 9.28. The first kappa shape index (κ1) is 25.0. The summed E-state index contributed by atoms with van der Waals surface area (Å²) in [6.45, 7) is 3.22. The Hall–Kier alpha value is -3.70. The van der Waals surface area contributed by atoms with Crippen LogP contribution < -0.4 is 20.7 Å². The number of nitrogens with one attached hydrogen (secondary N) is 3. The molecule has 2 saturated heterocycles. The molecule has 5 rings (SSSR count). The standard InChI is InChI=1S/C25H26ClFN6O4/c26-17-10-15(4-5-18(17)27)30-23-16-11-20(31-24(34)21-13-37-25(35)32-21)22(12-19(16)28-14-29-23)36-9-8-33-6-2-1-3-7-33/h4-5,10-12,14,21H,1-3,6-9,13H2,(H,31,34)(H,32,35)(H,28,29,30)/t21-/m0/s1. The Kier molecular flexibility index (Phi) is 7.52. The highest BCUT2D eigenvalue weighted by Crippen LogP contribution is 2.34. The molecule has 1 atom stereocenters. The maximum atomic E-state index is 13.6. The van der Waals surface area contributed by atoms with E-state index in [1.807, 2.05) is 0 Å². The molecule has 0 radical (unpaired) electrons. The second-order valence-electron chi connectivity index (χ2n) is 8.88. The van der Waals surface area contributed by atoms with E-state index in [9.17, 15) is 14.0 Å². The highest BCUT2D eigenvalue weighted by molar-refractivity contribution is 6.31. The zero-order valence-electron chi connectivity index (χ0n) is 19.9. The van der Waals surface area contributed by atoms with Gasteiger partial charge >= 0.3 is 6.09 Å². The van der Waals surface area contributed by atoms with E-state index in [0.29, 0.717) is 40.5 Å². The van der Waals surface area contributed by atoms with E-state index in [-0.39, 0.29) is 11.6 Å². The van der Waals surface area contributed by atoms with E-state index in [4.69, 9.17) is 21.1 Å². The molecule has 1 aromatic heterocycles. The molecule has 2 amide bonds. The molecular weight excluding hydrogens is 503 g/mol. The number of amides is 2. The van der Waals surface area contributed by atoms with Crippen molar-refractivity contribution >= 4 is 51.7 Å². The first-order valence-electron chi connectivity index (χ1n) is 12.1. The number of piperidine rings is 1. The minimum atomic E-state index is -0.824. The summed E-state index contributed by atoms with van der Waals surface area (Å²) < 4.78 is 24.6. The number of nitrogens with zero attached hydrogens (tertiary/aromatic N) is 3. The maximum absolute atomic E-state index is 13.6. The van der Waals surface area contributed by atoms with Crippen molar-refractivity contribution in [3.8, 4) is 5.75 Å². The average molecular weight is 529 g/mol. The fourth-order valence-corrected chi connectivity index (χ4v) is 4.51. The predicted molar refractivity (Wildman–Crippen MR) is 137 cm³/mol. The molecule has 0 bridgehead atoms. The predicted octanol–water partition coefficient (Wildman–Crippen LogP) is 4.08. The molecule has 0 spiro atoms. The molecule has 2 aliphatic rings. The van der Waals surface area contributed by atoms with Crippen molar-refractivity contribution in [2.75, 3.05) is 43.5 Å². The van der Waals surface area contributed by atoms with Crippen LogP contribution in [0.1, 0.15) is 19.3 Å². The van der Waals surface area contributed by atoms with Crippen LogP contribution in [0.25, 0.3) is 10.9 Å². The van der Waals surface area contributed by atoms with Gasteiger partial charge in [0.1, 0.15) is 43.0 Å². The number of hydrogen-bond donors (Lipinski definition) is 3. The third kappa shape index (κ3) is 6.00. The fourth-order valence-electron chi connectivity index (χ4n) is 4.32. The zero-order chi connectivity index (χ0) is 25.8. The largest absolute Gasteiger partial charge is 0.490 e. The van der Waals surface area contributed by atoms with Crippen LogP contribution in [0.3, 0.4) is 0 Å². The number of likely N-dealkylation sites (tertiary alicyclic amines) is 1. The fraction of sp³-hybridized carbons (Fsp3) is 0.360. The van der Waals surface area contributed by atoms with Crippen molar-refractivity contribution < 1.29 is 23.5 Å². The van der Waals surface area contributed by atoms with Gasteiger partial charge in [-0.1, -0.05) is 18.0 Å². The first-order valence-corrected chi connectivity index (χ1v) is 12.4. The number of fused-ring (bicyclic) bond motifs is 1. The average Bonchev–Trinajstić information content (AvgIpc) is 3.34. The summed E-state index contributed by atoms with van der Waals surface area (Å²) in [7, 11) is 0. The SMILES string of the molecule is O=C1N[C@H](C(=O)Nc2cc3c(Nc4ccc(F)c(Cl)c4)ncnc3cc2OCCN2CCCCC2)CO1. The summed E-state index contributed by atoms with van der Waals surface area (Å²) in [5.41, 5.74) is 1.51. The van der Waals surface area contributed by atoms with Crippen LogP contribution in [0.5, 0.6) is 5.75 Å². The number of benzene rings is 2. The van der Waals surface area contributed by atoms with Crippen molar-refractivity contribution in [1.29, 1.82) is 0 Å². The molecule has 2 fully saturated rings. The Balaban J connectivity index is 1.42. The molecule has 194 valence electrons. The number of hydrogen-bond acceptors (Lipinski definition) is 8. The van der Waals surface area contributed by atoms with E-state index in [2.05, 4.69) is 30.8 Å². The lowest BCUT2D eigenvalue weighted by Crippen LogP contribution is -2.38. The Bertz CT molecular complexity index is 1320. The Morgan fingerprint density at radius 3 is 2.81 bits per heavy atom. The Morgan fingerprint density at radius 1 is 1.22 bits per heavy atom. The highest BCUT2D eigenvalue weighted by atomic mass is 35.5. The van der Waals surface area contributed by atoms with Gasteiger partial charge in [-0.2, -0.15) is 0 Å². The number of rotatable bonds is 8. The van der Waals surface area contributed by atoms with Crippen LogP contribution in [0.2, 0.25) is 5.02 Å². The van der Waals surface area contributed by atoms with E-state index in [1.54, 1.807) is 18.2 Å². The van der Waals surface area contributed by atoms with Gasteiger partial charge in [-0.3, -0.25) is 9.69 Å². The molecule has 37 heavy (non-hydrogen) atoms. The molecule has 0 saturated carbocycles. The number of cyclic esters (lactones) is 1. The number of halogens is 2. The van der Waals surface area contributed by atoms with Crippen LogP contribution >= 0.6 is 11.6 Å². The molecule has 12 heteroatoms. The number of anilines is 3. The summed E-state index contributed by atoms with van der Waals surface area (Å²) >= 11 is 5.92. The number of carbonyl (C=O) groups excluding carboxylic acids is 2. The molecule has 10 nitrogen and oxygen atoms in total. The number of alkyl carbamates (subject to hydrolysis) is 1. The van der Waals surface area contributed by atoms with Crippen LogP contribution in [-0.2, 0) is 9.53 Å². The van der Waals surface area contributed by atoms with Crippen molar-refractivity contribution in [3.05, 3.63) is 47.5 Å². The second kappa shape index (κ2) is 11.1. The Morgan fingerprint density at radius 2 is 2.05 bits per heavy atom. The number of ether oxygens (including phenoxy) is 2. The van der Waals surface area contributed by atoms with Crippen LogP contribution in [0.4, 0.5) is 26.4 Å². The summed E-state index contributed by atoms with van der Waals surface area (Å²) in [4.78, 5) is 35.3. The highest BCUT2D eigenvalue weighted by Gasteiger charge is 2.29. The maximum Gasteiger partial charge on any atom is 0.407 e. The van der Waals surface area contributed by atoms with E-state index in [0.717, 1.165) is 19.6 Å². The molecule has 2 aromatic carbocycles.